The van der Waals surface area contributed by atoms with E-state index in [-0.39, 0.29) is 0 Å². The van der Waals surface area contributed by atoms with Crippen LogP contribution in [0.15, 0.2) is 231 Å². The van der Waals surface area contributed by atoms with Crippen LogP contribution in [0.5, 0.6) is 0 Å². The van der Waals surface area contributed by atoms with E-state index in [1.165, 1.54) is 100 Å². The molecule has 9 aromatic rings. The van der Waals surface area contributed by atoms with Crippen molar-refractivity contribution in [3.05, 3.63) is 297 Å². The molecule has 306 valence electrons. The van der Waals surface area contributed by atoms with Gasteiger partial charge >= 0.3 is 0 Å². The third-order valence-corrected chi connectivity index (χ3v) is 11.8. The molecule has 0 aromatic heterocycles. The second-order valence-corrected chi connectivity index (χ2v) is 16.3. The molecular formula is C64H50. The quantitative estimate of drug-likeness (QED) is 0.108. The van der Waals surface area contributed by atoms with E-state index < -0.39 is 0 Å². The molecule has 0 atom stereocenters. The maximum atomic E-state index is 2.34. The van der Waals surface area contributed by atoms with Crippen molar-refractivity contribution in [1.82, 2.24) is 0 Å². The largest absolute Gasteiger partial charge is 0.0622 e. The predicted molar refractivity (Wildman–Crippen MR) is 277 cm³/mol. The Hall–Kier alpha value is -8.06. The van der Waals surface area contributed by atoms with Crippen molar-refractivity contribution in [2.75, 3.05) is 0 Å². The Bertz CT molecular complexity index is 2760. The minimum atomic E-state index is 1.17. The van der Waals surface area contributed by atoms with Gasteiger partial charge < -0.3 is 0 Å². The molecule has 0 radical (unpaired) electrons. The molecule has 0 fully saturated rings. The summed E-state index contributed by atoms with van der Waals surface area (Å²) in [5, 5.41) is 0. The summed E-state index contributed by atoms with van der Waals surface area (Å²) in [6.07, 6.45) is 13.3. The fourth-order valence-electron chi connectivity index (χ4n) is 8.25. The first-order chi connectivity index (χ1) is 31.5. The van der Waals surface area contributed by atoms with Gasteiger partial charge in [0.25, 0.3) is 0 Å². The Morgan fingerprint density at radius 1 is 0.266 bits per heavy atom. The van der Waals surface area contributed by atoms with E-state index in [1.807, 2.05) is 0 Å². The van der Waals surface area contributed by atoms with E-state index in [0.717, 1.165) is 0 Å². The second kappa shape index (κ2) is 19.8. The average Bonchev–Trinajstić information content (AvgIpc) is 3.36. The Morgan fingerprint density at radius 2 is 0.500 bits per heavy atom. The molecule has 0 N–H and O–H groups in total. The first-order valence-corrected chi connectivity index (χ1v) is 22.1. The van der Waals surface area contributed by atoms with Gasteiger partial charge in [0, 0.05) is 0 Å². The highest BCUT2D eigenvalue weighted by molar-refractivity contribution is 5.92. The highest BCUT2D eigenvalue weighted by Gasteiger charge is 2.10. The van der Waals surface area contributed by atoms with Gasteiger partial charge in [0.1, 0.15) is 0 Å². The molecule has 0 unspecified atom stereocenters. The van der Waals surface area contributed by atoms with Crippen LogP contribution in [0.4, 0.5) is 0 Å². The first-order valence-electron chi connectivity index (χ1n) is 22.1. The Labute approximate surface area is 379 Å². The normalized spacial score (nSPS) is 11.2. The molecule has 0 saturated carbocycles. The molecule has 0 aliphatic carbocycles. The Balaban J connectivity index is 0.840. The summed E-state index contributed by atoms with van der Waals surface area (Å²) >= 11 is 0. The zero-order chi connectivity index (χ0) is 43.5. The van der Waals surface area contributed by atoms with Crippen LogP contribution in [0.3, 0.4) is 0 Å². The summed E-state index contributed by atoms with van der Waals surface area (Å²) in [6, 6.07) is 82.4. The fraction of sp³-hybridized carbons (Fsp3) is 0.0312. The van der Waals surface area contributed by atoms with E-state index in [1.54, 1.807) is 0 Å². The van der Waals surface area contributed by atoms with Crippen molar-refractivity contribution < 1.29 is 0 Å². The number of hydrogen-bond donors (Lipinski definition) is 0. The van der Waals surface area contributed by atoms with Crippen molar-refractivity contribution in [1.29, 1.82) is 0 Å². The van der Waals surface area contributed by atoms with Gasteiger partial charge in [0.2, 0.25) is 0 Å². The summed E-state index contributed by atoms with van der Waals surface area (Å²) in [6.45, 7) is 4.44. The van der Waals surface area contributed by atoms with Gasteiger partial charge in [-0.2, -0.15) is 0 Å². The van der Waals surface area contributed by atoms with E-state index >= 15 is 0 Å². The molecule has 0 heteroatoms. The van der Waals surface area contributed by atoms with Crippen LogP contribution in [-0.2, 0) is 0 Å². The monoisotopic (exact) mass is 818 g/mol. The average molecular weight is 819 g/mol. The van der Waals surface area contributed by atoms with E-state index in [2.05, 4.69) is 281 Å². The SMILES string of the molecule is Cc1cc(-c2ccc(C=Cc3ccc(C=C(c4ccccc4)c4ccccc4)cc3)cc2)c(C)cc1-c1ccc(C=Cc2ccc(C=C(c3ccccc3)c3ccccc3)cc2)cc1. The van der Waals surface area contributed by atoms with Gasteiger partial charge in [-0.05, 0) is 126 Å². The summed E-state index contributed by atoms with van der Waals surface area (Å²) < 4.78 is 0. The minimum Gasteiger partial charge on any atom is -0.0622 e. The van der Waals surface area contributed by atoms with Crippen LogP contribution in [0.25, 0.3) is 69.9 Å². The summed E-state index contributed by atoms with van der Waals surface area (Å²) in [4.78, 5) is 0. The molecule has 0 saturated heterocycles. The zero-order valence-corrected chi connectivity index (χ0v) is 36.4. The van der Waals surface area contributed by atoms with Gasteiger partial charge in [-0.3, -0.25) is 0 Å². The molecular weight excluding hydrogens is 769 g/mol. The van der Waals surface area contributed by atoms with Crippen LogP contribution >= 0.6 is 0 Å². The van der Waals surface area contributed by atoms with Crippen molar-refractivity contribution in [3.63, 3.8) is 0 Å². The van der Waals surface area contributed by atoms with Gasteiger partial charge in [0.15, 0.2) is 0 Å². The highest BCUT2D eigenvalue weighted by atomic mass is 14.1. The predicted octanol–water partition coefficient (Wildman–Crippen LogP) is 17.2. The van der Waals surface area contributed by atoms with Crippen molar-refractivity contribution in [3.8, 4) is 22.3 Å². The summed E-state index contributed by atoms with van der Waals surface area (Å²) in [7, 11) is 0. The van der Waals surface area contributed by atoms with Crippen LogP contribution in [0, 0.1) is 13.8 Å². The number of hydrogen-bond acceptors (Lipinski definition) is 0. The van der Waals surface area contributed by atoms with Crippen LogP contribution in [0.2, 0.25) is 0 Å². The van der Waals surface area contributed by atoms with Crippen molar-refractivity contribution >= 4 is 47.6 Å². The smallest absolute Gasteiger partial charge is 0.0105 e. The van der Waals surface area contributed by atoms with E-state index in [9.17, 15) is 0 Å². The lowest BCUT2D eigenvalue weighted by molar-refractivity contribution is 1.38. The van der Waals surface area contributed by atoms with Gasteiger partial charge in [-0.25, -0.2) is 0 Å². The highest BCUT2D eigenvalue weighted by Crippen LogP contribution is 2.33. The maximum Gasteiger partial charge on any atom is -0.0105 e. The van der Waals surface area contributed by atoms with Crippen molar-refractivity contribution in [2.24, 2.45) is 0 Å². The summed E-state index contributed by atoms with van der Waals surface area (Å²) in [5.74, 6) is 0. The third-order valence-electron chi connectivity index (χ3n) is 11.8. The Kier molecular flexibility index (Phi) is 12.8. The summed E-state index contributed by atoms with van der Waals surface area (Å²) in [5.41, 5.74) is 21.8. The molecule has 0 nitrogen and oxygen atoms in total. The molecule has 0 amide bonds. The molecule has 64 heavy (non-hydrogen) atoms. The minimum absolute atomic E-state index is 1.17. The topological polar surface area (TPSA) is 0 Å². The molecule has 0 aliphatic rings. The standard InChI is InChI=1S/C64H50/c1-47-43-62(60-41-37-52(38-42-60)26-24-50-29-33-54(34-30-50)46-64(57-19-11-5-12-20-57)58-21-13-6-14-22-58)48(2)44-61(47)59-39-35-51(36-40-59)25-23-49-27-31-53(32-28-49)45-63(55-15-7-3-8-16-55)56-17-9-4-10-18-56/h3-46H,1-2H3. The number of aryl methyl sites for hydroxylation is 2. The molecule has 0 heterocycles. The van der Waals surface area contributed by atoms with E-state index in [4.69, 9.17) is 0 Å². The Morgan fingerprint density at radius 3 is 0.766 bits per heavy atom. The molecule has 9 rings (SSSR count). The lowest BCUT2D eigenvalue weighted by atomic mass is 9.91. The third kappa shape index (κ3) is 10.2. The first kappa shape index (κ1) is 41.3. The lowest BCUT2D eigenvalue weighted by Crippen LogP contribution is -1.90. The van der Waals surface area contributed by atoms with Crippen molar-refractivity contribution in [2.45, 2.75) is 13.8 Å². The molecule has 0 spiro atoms. The number of rotatable bonds is 12. The molecule has 9 aromatic carbocycles. The van der Waals surface area contributed by atoms with E-state index in [0.29, 0.717) is 0 Å². The van der Waals surface area contributed by atoms with Gasteiger partial charge in [-0.1, -0.05) is 255 Å². The van der Waals surface area contributed by atoms with Crippen LogP contribution in [-0.4, -0.2) is 0 Å². The maximum absolute atomic E-state index is 2.34. The molecule has 0 bridgehead atoms. The lowest BCUT2D eigenvalue weighted by Gasteiger charge is -2.13. The van der Waals surface area contributed by atoms with Gasteiger partial charge in [0.05, 0.1) is 0 Å². The zero-order valence-electron chi connectivity index (χ0n) is 36.4. The number of benzene rings is 9. The van der Waals surface area contributed by atoms with Gasteiger partial charge in [-0.15, -0.1) is 0 Å². The second-order valence-electron chi connectivity index (χ2n) is 16.3. The van der Waals surface area contributed by atoms with Crippen LogP contribution in [0.1, 0.15) is 66.8 Å². The fourth-order valence-corrected chi connectivity index (χ4v) is 8.25. The van der Waals surface area contributed by atoms with Crippen LogP contribution < -0.4 is 0 Å². The molecule has 0 aliphatic heterocycles.